The van der Waals surface area contributed by atoms with Crippen LogP contribution >= 0.6 is 0 Å². The summed E-state index contributed by atoms with van der Waals surface area (Å²) in [7, 11) is 0. The third-order valence-corrected chi connectivity index (χ3v) is 4.94. The molecule has 1 aliphatic rings. The van der Waals surface area contributed by atoms with Crippen molar-refractivity contribution in [2.24, 2.45) is 0 Å². The molecule has 1 unspecified atom stereocenters. The molecule has 6 nitrogen and oxygen atoms in total. The standard InChI is InChI=1S/C22H22N4O2/c1-15-11-13-23-21(24-15)28-19-9-7-18(8-10-19)25-22(27)26-14-12-17-5-3-4-6-20(17)16(26)2/h3-11,13,16H,12,14H2,1-2H3,(H,25,27). The van der Waals surface area contributed by atoms with E-state index in [2.05, 4.69) is 34.3 Å². The molecule has 6 heteroatoms. The van der Waals surface area contributed by atoms with Crippen LogP contribution in [0.4, 0.5) is 10.5 Å². The lowest BCUT2D eigenvalue weighted by Gasteiger charge is -2.35. The Morgan fingerprint density at radius 3 is 2.71 bits per heavy atom. The fourth-order valence-electron chi connectivity index (χ4n) is 3.43. The number of rotatable bonds is 3. The van der Waals surface area contributed by atoms with E-state index in [0.717, 1.165) is 12.1 Å². The van der Waals surface area contributed by atoms with Crippen molar-refractivity contribution in [1.29, 1.82) is 0 Å². The van der Waals surface area contributed by atoms with Crippen molar-refractivity contribution in [3.05, 3.63) is 77.6 Å². The number of carbonyl (C=O) groups excluding carboxylic acids is 1. The van der Waals surface area contributed by atoms with Crippen LogP contribution in [0.15, 0.2) is 60.8 Å². The number of nitrogens with one attached hydrogen (secondary N) is 1. The Kier molecular flexibility index (Phi) is 4.93. The molecule has 2 heterocycles. The third kappa shape index (κ3) is 3.81. The van der Waals surface area contributed by atoms with Gasteiger partial charge in [0.05, 0.1) is 6.04 Å². The summed E-state index contributed by atoms with van der Waals surface area (Å²) >= 11 is 0. The van der Waals surface area contributed by atoms with Gasteiger partial charge in [-0.2, -0.15) is 0 Å². The lowest BCUT2D eigenvalue weighted by molar-refractivity contribution is 0.188. The minimum atomic E-state index is -0.0994. The Hall–Kier alpha value is -3.41. The molecule has 0 spiro atoms. The number of hydrogen-bond acceptors (Lipinski definition) is 4. The average Bonchev–Trinajstić information content (AvgIpc) is 2.70. The maximum Gasteiger partial charge on any atom is 0.322 e. The first kappa shape index (κ1) is 18.0. The molecular formula is C22H22N4O2. The van der Waals surface area contributed by atoms with Gasteiger partial charge in [-0.15, -0.1) is 0 Å². The number of anilines is 1. The van der Waals surface area contributed by atoms with E-state index in [4.69, 9.17) is 4.74 Å². The minimum Gasteiger partial charge on any atom is -0.424 e. The summed E-state index contributed by atoms with van der Waals surface area (Å²) in [5.74, 6) is 0.615. The van der Waals surface area contributed by atoms with Crippen LogP contribution in [0.5, 0.6) is 11.8 Å². The summed E-state index contributed by atoms with van der Waals surface area (Å²) in [5, 5.41) is 2.97. The molecule has 0 radical (unpaired) electrons. The molecule has 1 aromatic heterocycles. The minimum absolute atomic E-state index is 0.0472. The quantitative estimate of drug-likeness (QED) is 0.720. The van der Waals surface area contributed by atoms with E-state index in [1.807, 2.05) is 42.2 Å². The number of hydrogen-bond donors (Lipinski definition) is 1. The summed E-state index contributed by atoms with van der Waals surface area (Å²) in [5.41, 5.74) is 4.09. The maximum absolute atomic E-state index is 12.8. The van der Waals surface area contributed by atoms with Crippen LogP contribution < -0.4 is 10.1 Å². The van der Waals surface area contributed by atoms with Crippen LogP contribution in [-0.2, 0) is 6.42 Å². The van der Waals surface area contributed by atoms with E-state index in [9.17, 15) is 4.79 Å². The highest BCUT2D eigenvalue weighted by Gasteiger charge is 2.27. The van der Waals surface area contributed by atoms with Gasteiger partial charge in [-0.05, 0) is 61.7 Å². The van der Waals surface area contributed by atoms with Gasteiger partial charge in [-0.25, -0.2) is 14.8 Å². The predicted molar refractivity (Wildman–Crippen MR) is 108 cm³/mol. The van der Waals surface area contributed by atoms with Gasteiger partial charge in [-0.3, -0.25) is 0 Å². The summed E-state index contributed by atoms with van der Waals surface area (Å²) in [6.45, 7) is 4.65. The second-order valence-electron chi connectivity index (χ2n) is 6.86. The summed E-state index contributed by atoms with van der Waals surface area (Å²) in [4.78, 5) is 22.9. The Labute approximate surface area is 164 Å². The molecule has 3 aromatic rings. The number of urea groups is 1. The molecule has 0 saturated carbocycles. The van der Waals surface area contributed by atoms with Gasteiger partial charge < -0.3 is 15.0 Å². The first-order chi connectivity index (χ1) is 13.6. The van der Waals surface area contributed by atoms with Crippen LogP contribution in [0.3, 0.4) is 0 Å². The van der Waals surface area contributed by atoms with Crippen molar-refractivity contribution in [1.82, 2.24) is 14.9 Å². The molecule has 0 saturated heterocycles. The maximum atomic E-state index is 12.8. The lowest BCUT2D eigenvalue weighted by atomic mass is 9.94. The number of carbonyl (C=O) groups is 1. The second kappa shape index (κ2) is 7.68. The van der Waals surface area contributed by atoms with Crippen molar-refractivity contribution >= 4 is 11.7 Å². The fraction of sp³-hybridized carbons (Fsp3) is 0.227. The van der Waals surface area contributed by atoms with E-state index in [1.165, 1.54) is 11.1 Å². The fourth-order valence-corrected chi connectivity index (χ4v) is 3.43. The van der Waals surface area contributed by atoms with Crippen LogP contribution in [0.1, 0.15) is 29.8 Å². The Bertz CT molecular complexity index is 988. The average molecular weight is 374 g/mol. The number of nitrogens with zero attached hydrogens (tertiary/aromatic N) is 3. The van der Waals surface area contributed by atoms with E-state index in [0.29, 0.717) is 24.0 Å². The van der Waals surface area contributed by atoms with Gasteiger partial charge >= 0.3 is 12.0 Å². The van der Waals surface area contributed by atoms with Gasteiger partial charge in [0.15, 0.2) is 0 Å². The molecule has 1 atom stereocenters. The highest BCUT2D eigenvalue weighted by Crippen LogP contribution is 2.30. The van der Waals surface area contributed by atoms with Gasteiger partial charge in [0.1, 0.15) is 5.75 Å². The third-order valence-electron chi connectivity index (χ3n) is 4.94. The zero-order valence-corrected chi connectivity index (χ0v) is 15.9. The lowest BCUT2D eigenvalue weighted by Crippen LogP contribution is -2.41. The number of fused-ring (bicyclic) bond motifs is 1. The van der Waals surface area contributed by atoms with E-state index < -0.39 is 0 Å². The van der Waals surface area contributed by atoms with Gasteiger partial charge in [0.2, 0.25) is 0 Å². The zero-order chi connectivity index (χ0) is 19.5. The van der Waals surface area contributed by atoms with Gasteiger partial charge in [0.25, 0.3) is 0 Å². The Morgan fingerprint density at radius 1 is 1.14 bits per heavy atom. The largest absolute Gasteiger partial charge is 0.424 e. The smallest absolute Gasteiger partial charge is 0.322 e. The SMILES string of the molecule is Cc1ccnc(Oc2ccc(NC(=O)N3CCc4ccccc4C3C)cc2)n1. The molecule has 2 aromatic carbocycles. The van der Waals surface area contributed by atoms with Gasteiger partial charge in [0, 0.05) is 24.1 Å². The summed E-state index contributed by atoms with van der Waals surface area (Å²) in [6.07, 6.45) is 2.53. The van der Waals surface area contributed by atoms with Crippen molar-refractivity contribution < 1.29 is 9.53 Å². The number of benzene rings is 2. The molecule has 28 heavy (non-hydrogen) atoms. The summed E-state index contributed by atoms with van der Waals surface area (Å²) in [6, 6.07) is 17.6. The number of amides is 2. The summed E-state index contributed by atoms with van der Waals surface area (Å²) < 4.78 is 5.65. The predicted octanol–water partition coefficient (Wildman–Crippen LogP) is 4.73. The number of ether oxygens (including phenoxy) is 1. The van der Waals surface area contributed by atoms with Crippen molar-refractivity contribution in [3.63, 3.8) is 0 Å². The molecule has 0 aliphatic carbocycles. The molecule has 4 rings (SSSR count). The van der Waals surface area contributed by atoms with Gasteiger partial charge in [-0.1, -0.05) is 24.3 Å². The van der Waals surface area contributed by atoms with Crippen molar-refractivity contribution in [2.45, 2.75) is 26.3 Å². The monoisotopic (exact) mass is 374 g/mol. The highest BCUT2D eigenvalue weighted by atomic mass is 16.5. The highest BCUT2D eigenvalue weighted by molar-refractivity contribution is 5.89. The Balaban J connectivity index is 1.41. The molecular weight excluding hydrogens is 352 g/mol. The molecule has 2 amide bonds. The number of aromatic nitrogens is 2. The zero-order valence-electron chi connectivity index (χ0n) is 15.9. The van der Waals surface area contributed by atoms with E-state index >= 15 is 0 Å². The van der Waals surface area contributed by atoms with E-state index in [-0.39, 0.29) is 12.1 Å². The van der Waals surface area contributed by atoms with Crippen LogP contribution in [0, 0.1) is 6.92 Å². The van der Waals surface area contributed by atoms with Crippen LogP contribution in [0.2, 0.25) is 0 Å². The number of aryl methyl sites for hydroxylation is 1. The van der Waals surface area contributed by atoms with Crippen molar-refractivity contribution in [3.8, 4) is 11.8 Å². The molecule has 0 bridgehead atoms. The molecule has 1 aliphatic heterocycles. The molecule has 0 fully saturated rings. The van der Waals surface area contributed by atoms with E-state index in [1.54, 1.807) is 18.3 Å². The topological polar surface area (TPSA) is 67.3 Å². The molecule has 1 N–H and O–H groups in total. The second-order valence-corrected chi connectivity index (χ2v) is 6.86. The first-order valence-electron chi connectivity index (χ1n) is 9.33. The molecule has 142 valence electrons. The van der Waals surface area contributed by atoms with Crippen molar-refractivity contribution in [2.75, 3.05) is 11.9 Å². The Morgan fingerprint density at radius 2 is 1.93 bits per heavy atom. The van der Waals surface area contributed by atoms with Crippen LogP contribution in [0.25, 0.3) is 0 Å². The normalized spacial score (nSPS) is 15.6. The van der Waals surface area contributed by atoms with Crippen LogP contribution in [-0.4, -0.2) is 27.4 Å². The first-order valence-corrected chi connectivity index (χ1v) is 9.33.